The average molecular weight is 439 g/mol. The molecule has 178 valence electrons. The van der Waals surface area contributed by atoms with Crippen LogP contribution in [-0.4, -0.2) is 12.6 Å². The van der Waals surface area contributed by atoms with Crippen LogP contribution in [0.3, 0.4) is 0 Å². The number of hydrogen-bond acceptors (Lipinski definition) is 2. The van der Waals surface area contributed by atoms with Crippen molar-refractivity contribution in [2.45, 2.75) is 92.9 Å². The van der Waals surface area contributed by atoms with E-state index in [0.29, 0.717) is 35.2 Å². The van der Waals surface area contributed by atoms with Crippen molar-refractivity contribution in [3.8, 4) is 0 Å². The fraction of sp³-hybridized carbons (Fsp3) is 0.767. The van der Waals surface area contributed by atoms with Crippen molar-refractivity contribution in [1.29, 1.82) is 0 Å². The SMILES string of the molecule is CC(=O)OCC(C)C(C)C=C[C@@H](C)[C@H]1CC[C@H]2C3=CC=C4CCCC[C@]4(C)[C@H]3CC[C@]12C. The molecule has 0 aromatic heterocycles. The van der Waals surface area contributed by atoms with Crippen LogP contribution < -0.4 is 0 Å². The number of allylic oxidation sites excluding steroid dienone is 6. The first-order valence-electron chi connectivity index (χ1n) is 13.4. The number of carbonyl (C=O) groups excluding carboxylic acids is 1. The Hall–Kier alpha value is -1.31. The van der Waals surface area contributed by atoms with Crippen molar-refractivity contribution in [3.63, 3.8) is 0 Å². The van der Waals surface area contributed by atoms with E-state index in [0.717, 1.165) is 17.8 Å². The second-order valence-electron chi connectivity index (χ2n) is 12.2. The minimum absolute atomic E-state index is 0.178. The van der Waals surface area contributed by atoms with E-state index in [-0.39, 0.29) is 5.97 Å². The van der Waals surface area contributed by atoms with E-state index in [9.17, 15) is 4.79 Å². The zero-order valence-electron chi connectivity index (χ0n) is 21.5. The number of fused-ring (bicyclic) bond motifs is 5. The molecule has 0 heterocycles. The van der Waals surface area contributed by atoms with Crippen LogP contribution in [-0.2, 0) is 9.53 Å². The molecule has 3 fully saturated rings. The molecule has 3 saturated carbocycles. The third-order valence-electron chi connectivity index (χ3n) is 10.4. The molecule has 0 aromatic carbocycles. The van der Waals surface area contributed by atoms with Crippen molar-refractivity contribution < 1.29 is 9.53 Å². The van der Waals surface area contributed by atoms with Gasteiger partial charge >= 0.3 is 5.97 Å². The molecule has 4 rings (SSSR count). The van der Waals surface area contributed by atoms with Crippen LogP contribution in [0.15, 0.2) is 35.5 Å². The summed E-state index contributed by atoms with van der Waals surface area (Å²) >= 11 is 0. The van der Waals surface area contributed by atoms with Crippen LogP contribution in [0.25, 0.3) is 0 Å². The van der Waals surface area contributed by atoms with Crippen LogP contribution in [0.2, 0.25) is 0 Å². The predicted molar refractivity (Wildman–Crippen MR) is 133 cm³/mol. The molecule has 4 aliphatic rings. The van der Waals surface area contributed by atoms with Gasteiger partial charge in [0, 0.05) is 6.92 Å². The lowest BCUT2D eigenvalue weighted by Crippen LogP contribution is -2.45. The highest BCUT2D eigenvalue weighted by Crippen LogP contribution is 2.65. The van der Waals surface area contributed by atoms with Crippen LogP contribution in [0.1, 0.15) is 92.9 Å². The van der Waals surface area contributed by atoms with Crippen LogP contribution in [0.4, 0.5) is 0 Å². The fourth-order valence-electron chi connectivity index (χ4n) is 8.02. The number of ether oxygens (including phenoxy) is 1. The summed E-state index contributed by atoms with van der Waals surface area (Å²) in [6, 6.07) is 0. The minimum atomic E-state index is -0.178. The molecule has 0 N–H and O–H groups in total. The van der Waals surface area contributed by atoms with E-state index < -0.39 is 0 Å². The smallest absolute Gasteiger partial charge is 0.302 e. The Labute approximate surface area is 197 Å². The third kappa shape index (κ3) is 4.16. The molecule has 4 aliphatic carbocycles. The lowest BCUT2D eigenvalue weighted by molar-refractivity contribution is -0.142. The molecular formula is C30H46O2. The first-order valence-corrected chi connectivity index (χ1v) is 13.4. The minimum Gasteiger partial charge on any atom is -0.466 e. The highest BCUT2D eigenvalue weighted by molar-refractivity contribution is 5.65. The topological polar surface area (TPSA) is 26.3 Å². The Bertz CT molecular complexity index is 804. The Morgan fingerprint density at radius 3 is 2.59 bits per heavy atom. The van der Waals surface area contributed by atoms with Crippen molar-refractivity contribution in [3.05, 3.63) is 35.5 Å². The van der Waals surface area contributed by atoms with Gasteiger partial charge in [0.15, 0.2) is 0 Å². The van der Waals surface area contributed by atoms with Crippen LogP contribution >= 0.6 is 0 Å². The number of hydrogen-bond donors (Lipinski definition) is 0. The molecule has 8 atom stereocenters. The van der Waals surface area contributed by atoms with E-state index in [2.05, 4.69) is 58.9 Å². The zero-order chi connectivity index (χ0) is 23.1. The average Bonchev–Trinajstić information content (AvgIpc) is 3.12. The molecule has 2 nitrogen and oxygen atoms in total. The Morgan fingerprint density at radius 1 is 1.06 bits per heavy atom. The summed E-state index contributed by atoms with van der Waals surface area (Å²) in [6.07, 6.45) is 21.0. The maximum absolute atomic E-state index is 11.1. The summed E-state index contributed by atoms with van der Waals surface area (Å²) in [5, 5.41) is 0. The molecule has 0 saturated heterocycles. The molecule has 0 amide bonds. The molecule has 0 bridgehead atoms. The van der Waals surface area contributed by atoms with E-state index in [4.69, 9.17) is 4.74 Å². The second kappa shape index (κ2) is 9.15. The van der Waals surface area contributed by atoms with Crippen molar-refractivity contribution >= 4 is 5.97 Å². The fourth-order valence-corrected chi connectivity index (χ4v) is 8.02. The van der Waals surface area contributed by atoms with Crippen LogP contribution in [0, 0.1) is 46.3 Å². The van der Waals surface area contributed by atoms with E-state index >= 15 is 0 Å². The van der Waals surface area contributed by atoms with Gasteiger partial charge in [0.25, 0.3) is 0 Å². The summed E-state index contributed by atoms with van der Waals surface area (Å²) in [5.74, 6) is 3.55. The van der Waals surface area contributed by atoms with Gasteiger partial charge in [0.2, 0.25) is 0 Å². The molecule has 0 aliphatic heterocycles. The molecule has 0 aromatic rings. The lowest BCUT2D eigenvalue weighted by Gasteiger charge is -2.54. The van der Waals surface area contributed by atoms with Gasteiger partial charge < -0.3 is 4.74 Å². The quantitative estimate of drug-likeness (QED) is 0.311. The van der Waals surface area contributed by atoms with Gasteiger partial charge in [-0.15, -0.1) is 0 Å². The molecule has 0 spiro atoms. The monoisotopic (exact) mass is 438 g/mol. The van der Waals surface area contributed by atoms with Gasteiger partial charge in [-0.2, -0.15) is 0 Å². The summed E-state index contributed by atoms with van der Waals surface area (Å²) < 4.78 is 5.23. The number of esters is 1. The normalized spacial score (nSPS) is 39.2. The maximum Gasteiger partial charge on any atom is 0.302 e. The van der Waals surface area contributed by atoms with E-state index in [1.807, 2.05) is 5.57 Å². The summed E-state index contributed by atoms with van der Waals surface area (Å²) in [5.41, 5.74) is 4.45. The van der Waals surface area contributed by atoms with Crippen molar-refractivity contribution in [1.82, 2.24) is 0 Å². The molecular weight excluding hydrogens is 392 g/mol. The van der Waals surface area contributed by atoms with Gasteiger partial charge in [-0.3, -0.25) is 4.79 Å². The molecule has 0 radical (unpaired) electrons. The summed E-state index contributed by atoms with van der Waals surface area (Å²) in [7, 11) is 0. The number of carbonyl (C=O) groups is 1. The number of rotatable bonds is 6. The Kier molecular flexibility index (Phi) is 6.81. The van der Waals surface area contributed by atoms with Crippen molar-refractivity contribution in [2.24, 2.45) is 46.3 Å². The highest BCUT2D eigenvalue weighted by Gasteiger charge is 2.56. The third-order valence-corrected chi connectivity index (χ3v) is 10.4. The largest absolute Gasteiger partial charge is 0.466 e. The first kappa shape index (κ1) is 23.8. The molecule has 2 unspecified atom stereocenters. The Balaban J connectivity index is 1.46. The van der Waals surface area contributed by atoms with Crippen LogP contribution in [0.5, 0.6) is 0 Å². The van der Waals surface area contributed by atoms with E-state index in [1.165, 1.54) is 58.3 Å². The summed E-state index contributed by atoms with van der Waals surface area (Å²) in [6.45, 7) is 14.1. The Morgan fingerprint density at radius 2 is 1.84 bits per heavy atom. The zero-order valence-corrected chi connectivity index (χ0v) is 21.5. The second-order valence-corrected chi connectivity index (χ2v) is 12.2. The van der Waals surface area contributed by atoms with E-state index in [1.54, 1.807) is 5.57 Å². The van der Waals surface area contributed by atoms with Gasteiger partial charge in [-0.05, 0) is 91.3 Å². The van der Waals surface area contributed by atoms with Gasteiger partial charge in [0.05, 0.1) is 6.61 Å². The lowest BCUT2D eigenvalue weighted by atomic mass is 9.50. The predicted octanol–water partition coefficient (Wildman–Crippen LogP) is 7.90. The first-order chi connectivity index (χ1) is 15.2. The standard InChI is InChI=1S/C30H46O2/c1-20(22(3)19-32-23(4)31)10-11-21(2)26-14-15-27-25-13-12-24-9-7-8-17-29(24,5)28(25)16-18-30(26,27)6/h10-13,20-22,26-28H,7-9,14-19H2,1-6H3/t20?,21-,22?,26-,27+,28+,29+,30-/m1/s1. The van der Waals surface area contributed by atoms with Crippen molar-refractivity contribution in [2.75, 3.05) is 6.61 Å². The molecule has 32 heavy (non-hydrogen) atoms. The summed E-state index contributed by atoms with van der Waals surface area (Å²) in [4.78, 5) is 11.1. The van der Waals surface area contributed by atoms with Gasteiger partial charge in [0.1, 0.15) is 0 Å². The van der Waals surface area contributed by atoms with Gasteiger partial charge in [-0.25, -0.2) is 0 Å². The molecule has 2 heteroatoms. The maximum atomic E-state index is 11.1. The van der Waals surface area contributed by atoms with Gasteiger partial charge in [-0.1, -0.05) is 76.5 Å². The highest BCUT2D eigenvalue weighted by atomic mass is 16.5.